The number of carbonyl (C=O) groups excluding carboxylic acids is 1. The Balaban J connectivity index is 0.00000264. The van der Waals surface area contributed by atoms with Crippen LogP contribution in [0.15, 0.2) is 24.3 Å². The fourth-order valence-corrected chi connectivity index (χ4v) is 2.55. The largest absolute Gasteiger partial charge is 0.489 e. The second-order valence-corrected chi connectivity index (χ2v) is 5.77. The van der Waals surface area contributed by atoms with Crippen LogP contribution in [0.25, 0.3) is 0 Å². The van der Waals surface area contributed by atoms with Crippen LogP contribution < -0.4 is 15.8 Å². The Morgan fingerprint density at radius 2 is 2.26 bits per heavy atom. The molecule has 1 aliphatic rings. The van der Waals surface area contributed by atoms with Gasteiger partial charge in [0.05, 0.1) is 12.6 Å². The van der Waals surface area contributed by atoms with E-state index < -0.39 is 0 Å². The molecule has 0 spiro atoms. The lowest BCUT2D eigenvalue weighted by atomic mass is 10.2. The van der Waals surface area contributed by atoms with Gasteiger partial charge in [-0.05, 0) is 43.9 Å². The molecular weight excluding hydrogens is 316 g/mol. The number of amides is 1. The van der Waals surface area contributed by atoms with E-state index in [0.29, 0.717) is 13.1 Å². The lowest BCUT2D eigenvalue weighted by Crippen LogP contribution is -2.41. The second-order valence-electron chi connectivity index (χ2n) is 5.77. The van der Waals surface area contributed by atoms with Crippen LogP contribution in [0, 0.1) is 6.92 Å². The van der Waals surface area contributed by atoms with Gasteiger partial charge in [-0.25, -0.2) is 0 Å². The van der Waals surface area contributed by atoms with E-state index >= 15 is 0 Å². The highest BCUT2D eigenvalue weighted by Crippen LogP contribution is 2.19. The Morgan fingerprint density at radius 3 is 2.87 bits per heavy atom. The van der Waals surface area contributed by atoms with Crippen molar-refractivity contribution in [3.8, 4) is 5.75 Å². The van der Waals surface area contributed by atoms with Crippen molar-refractivity contribution >= 4 is 18.3 Å². The Hall–Kier alpha value is -1.30. The molecule has 1 amide bonds. The molecule has 1 heterocycles. The van der Waals surface area contributed by atoms with Crippen LogP contribution >= 0.6 is 12.4 Å². The topological polar surface area (TPSA) is 73.6 Å². The van der Waals surface area contributed by atoms with Crippen molar-refractivity contribution in [1.82, 2.24) is 5.32 Å². The normalized spacial score (nSPS) is 21.3. The molecule has 1 aliphatic heterocycles. The molecule has 2 rings (SSSR count). The van der Waals surface area contributed by atoms with E-state index in [-0.39, 0.29) is 36.6 Å². The summed E-state index contributed by atoms with van der Waals surface area (Å²) in [5, 5.41) is 2.93. The smallest absolute Gasteiger partial charge is 0.249 e. The maximum absolute atomic E-state index is 12.1. The number of carbonyl (C=O) groups is 1. The van der Waals surface area contributed by atoms with Gasteiger partial charge in [-0.2, -0.15) is 0 Å². The molecule has 1 aromatic rings. The van der Waals surface area contributed by atoms with Gasteiger partial charge in [-0.3, -0.25) is 4.79 Å². The van der Waals surface area contributed by atoms with Gasteiger partial charge < -0.3 is 20.5 Å². The van der Waals surface area contributed by atoms with Crippen molar-refractivity contribution in [3.05, 3.63) is 29.8 Å². The molecule has 5 nitrogen and oxygen atoms in total. The molecule has 1 aromatic carbocycles. The van der Waals surface area contributed by atoms with Crippen LogP contribution in [0.4, 0.5) is 0 Å². The van der Waals surface area contributed by atoms with Crippen molar-refractivity contribution in [2.75, 3.05) is 13.1 Å². The highest BCUT2D eigenvalue weighted by molar-refractivity contribution is 5.85. The average molecular weight is 343 g/mol. The summed E-state index contributed by atoms with van der Waals surface area (Å²) in [4.78, 5) is 12.1. The minimum Gasteiger partial charge on any atom is -0.489 e. The van der Waals surface area contributed by atoms with Crippen LogP contribution in [0.1, 0.15) is 31.7 Å². The molecule has 23 heavy (non-hydrogen) atoms. The first-order valence-corrected chi connectivity index (χ1v) is 7.99. The molecule has 3 N–H and O–H groups in total. The van der Waals surface area contributed by atoms with Crippen molar-refractivity contribution in [3.63, 3.8) is 0 Å². The lowest BCUT2D eigenvalue weighted by Gasteiger charge is -2.20. The number of nitrogens with two attached hydrogens (primary N) is 1. The molecule has 0 aliphatic carbocycles. The van der Waals surface area contributed by atoms with Crippen LogP contribution in [0.2, 0.25) is 0 Å². The van der Waals surface area contributed by atoms with Crippen molar-refractivity contribution in [2.45, 2.75) is 51.4 Å². The standard InChI is InChI=1S/C17H26N2O3.ClH/c1-3-13(21-14-6-4-5-12(2)9-14)11-19-17(20)16-8-7-15(10-18)22-16;/h4-6,9,13,15-16H,3,7-8,10-11,18H2,1-2H3,(H,19,20);1H/t13?,15-,16+;/m1./s1. The van der Waals surface area contributed by atoms with E-state index in [1.807, 2.05) is 38.1 Å². The third-order valence-corrected chi connectivity index (χ3v) is 3.91. The molecule has 6 heteroatoms. The summed E-state index contributed by atoms with van der Waals surface area (Å²) in [6.07, 6.45) is 2.02. The zero-order valence-electron chi connectivity index (χ0n) is 13.8. The summed E-state index contributed by atoms with van der Waals surface area (Å²) < 4.78 is 11.5. The summed E-state index contributed by atoms with van der Waals surface area (Å²) in [7, 11) is 0. The summed E-state index contributed by atoms with van der Waals surface area (Å²) in [6, 6.07) is 7.93. The minimum absolute atomic E-state index is 0. The third-order valence-electron chi connectivity index (χ3n) is 3.91. The van der Waals surface area contributed by atoms with E-state index in [1.165, 1.54) is 0 Å². The number of halogens is 1. The lowest BCUT2D eigenvalue weighted by molar-refractivity contribution is -0.132. The molecule has 130 valence electrons. The number of benzene rings is 1. The first-order chi connectivity index (χ1) is 10.6. The molecule has 0 aromatic heterocycles. The van der Waals surface area contributed by atoms with Gasteiger partial charge in [-0.15, -0.1) is 12.4 Å². The fourth-order valence-electron chi connectivity index (χ4n) is 2.55. The first-order valence-electron chi connectivity index (χ1n) is 7.99. The average Bonchev–Trinajstić information content (AvgIpc) is 3.00. The predicted molar refractivity (Wildman–Crippen MR) is 93.1 cm³/mol. The Bertz CT molecular complexity index is 498. The third kappa shape index (κ3) is 6.01. The fraction of sp³-hybridized carbons (Fsp3) is 0.588. The highest BCUT2D eigenvalue weighted by Gasteiger charge is 2.29. The number of nitrogens with one attached hydrogen (secondary N) is 1. The minimum atomic E-state index is -0.370. The van der Waals surface area contributed by atoms with Crippen molar-refractivity contribution in [1.29, 1.82) is 0 Å². The number of ether oxygens (including phenoxy) is 2. The molecule has 3 atom stereocenters. The van der Waals surface area contributed by atoms with Crippen LogP contribution in [0.5, 0.6) is 5.75 Å². The maximum Gasteiger partial charge on any atom is 0.249 e. The SMILES string of the molecule is CCC(CNC(=O)[C@@H]1CC[C@H](CN)O1)Oc1cccc(C)c1.Cl. The first kappa shape index (κ1) is 19.7. The number of rotatable bonds is 7. The molecule has 1 fully saturated rings. The van der Waals surface area contributed by atoms with E-state index in [4.69, 9.17) is 15.2 Å². The van der Waals surface area contributed by atoms with Gasteiger partial charge >= 0.3 is 0 Å². The molecule has 0 bridgehead atoms. The van der Waals surface area contributed by atoms with E-state index in [2.05, 4.69) is 5.32 Å². The van der Waals surface area contributed by atoms with Crippen LogP contribution in [0.3, 0.4) is 0 Å². The second kappa shape index (κ2) is 9.75. The van der Waals surface area contributed by atoms with Gasteiger partial charge in [0, 0.05) is 6.54 Å². The number of hydrogen-bond donors (Lipinski definition) is 2. The zero-order valence-corrected chi connectivity index (χ0v) is 14.6. The zero-order chi connectivity index (χ0) is 15.9. The van der Waals surface area contributed by atoms with Crippen molar-refractivity contribution in [2.24, 2.45) is 5.73 Å². The molecular formula is C17H27ClN2O3. The van der Waals surface area contributed by atoms with Gasteiger partial charge in [0.25, 0.3) is 0 Å². The van der Waals surface area contributed by atoms with Gasteiger partial charge in [0.2, 0.25) is 5.91 Å². The quantitative estimate of drug-likeness (QED) is 0.796. The summed E-state index contributed by atoms with van der Waals surface area (Å²) in [5.41, 5.74) is 6.72. The van der Waals surface area contributed by atoms with E-state index in [9.17, 15) is 4.79 Å². The van der Waals surface area contributed by atoms with E-state index in [1.54, 1.807) is 0 Å². The predicted octanol–water partition coefficient (Wildman–Crippen LogP) is 2.20. The molecule has 1 unspecified atom stereocenters. The Labute approximate surface area is 144 Å². The molecule has 1 saturated heterocycles. The Kier molecular flexibility index (Phi) is 8.37. The molecule has 0 saturated carbocycles. The summed E-state index contributed by atoms with van der Waals surface area (Å²) in [5.74, 6) is 0.767. The number of hydrogen-bond acceptors (Lipinski definition) is 4. The Morgan fingerprint density at radius 1 is 1.48 bits per heavy atom. The van der Waals surface area contributed by atoms with Gasteiger partial charge in [0.15, 0.2) is 0 Å². The van der Waals surface area contributed by atoms with Crippen LogP contribution in [-0.4, -0.2) is 37.3 Å². The van der Waals surface area contributed by atoms with Gasteiger partial charge in [0.1, 0.15) is 18.0 Å². The maximum atomic E-state index is 12.1. The summed E-state index contributed by atoms with van der Waals surface area (Å²) in [6.45, 7) is 5.03. The highest BCUT2D eigenvalue weighted by atomic mass is 35.5. The van der Waals surface area contributed by atoms with Gasteiger partial charge in [-0.1, -0.05) is 19.1 Å². The number of aryl methyl sites for hydroxylation is 1. The van der Waals surface area contributed by atoms with Crippen LogP contribution in [-0.2, 0) is 9.53 Å². The van der Waals surface area contributed by atoms with Crippen molar-refractivity contribution < 1.29 is 14.3 Å². The molecule has 0 radical (unpaired) electrons. The van der Waals surface area contributed by atoms with E-state index in [0.717, 1.165) is 30.6 Å². The monoisotopic (exact) mass is 342 g/mol. The summed E-state index contributed by atoms with van der Waals surface area (Å²) >= 11 is 0.